The van der Waals surface area contributed by atoms with E-state index in [4.69, 9.17) is 0 Å². The SMILES string of the molecule is CC1CC(NC2CCN(c3ncccn3)CC2)CS1. The monoisotopic (exact) mass is 278 g/mol. The highest BCUT2D eigenvalue weighted by Crippen LogP contribution is 2.27. The van der Waals surface area contributed by atoms with E-state index in [-0.39, 0.29) is 0 Å². The van der Waals surface area contributed by atoms with E-state index in [0.29, 0.717) is 6.04 Å². The highest BCUT2D eigenvalue weighted by atomic mass is 32.2. The van der Waals surface area contributed by atoms with Gasteiger partial charge >= 0.3 is 0 Å². The molecule has 2 atom stereocenters. The van der Waals surface area contributed by atoms with Crippen LogP contribution in [-0.2, 0) is 0 Å². The Morgan fingerprint density at radius 1 is 1.21 bits per heavy atom. The molecule has 0 aromatic carbocycles. The molecule has 19 heavy (non-hydrogen) atoms. The summed E-state index contributed by atoms with van der Waals surface area (Å²) >= 11 is 2.10. The van der Waals surface area contributed by atoms with Crippen LogP contribution in [0.2, 0.25) is 0 Å². The van der Waals surface area contributed by atoms with Gasteiger partial charge < -0.3 is 10.2 Å². The van der Waals surface area contributed by atoms with Crippen molar-refractivity contribution in [1.29, 1.82) is 0 Å². The second kappa shape index (κ2) is 6.09. The molecule has 2 aliphatic rings. The summed E-state index contributed by atoms with van der Waals surface area (Å²) in [5.41, 5.74) is 0. The minimum Gasteiger partial charge on any atom is -0.341 e. The fourth-order valence-corrected chi connectivity index (χ4v) is 4.13. The zero-order valence-electron chi connectivity index (χ0n) is 11.5. The molecule has 0 saturated carbocycles. The fraction of sp³-hybridized carbons (Fsp3) is 0.714. The van der Waals surface area contributed by atoms with Crippen molar-refractivity contribution in [2.24, 2.45) is 0 Å². The summed E-state index contributed by atoms with van der Waals surface area (Å²) in [6.07, 6.45) is 7.38. The highest BCUT2D eigenvalue weighted by Gasteiger charge is 2.26. The maximum absolute atomic E-state index is 4.33. The maximum Gasteiger partial charge on any atom is 0.225 e. The Morgan fingerprint density at radius 3 is 2.58 bits per heavy atom. The van der Waals surface area contributed by atoms with Gasteiger partial charge in [0.25, 0.3) is 0 Å². The lowest BCUT2D eigenvalue weighted by Gasteiger charge is -2.33. The Bertz CT molecular complexity index is 392. The Morgan fingerprint density at radius 2 is 1.95 bits per heavy atom. The smallest absolute Gasteiger partial charge is 0.225 e. The molecule has 0 aliphatic carbocycles. The van der Waals surface area contributed by atoms with Crippen LogP contribution in [0.4, 0.5) is 5.95 Å². The third kappa shape index (κ3) is 3.39. The van der Waals surface area contributed by atoms with Crippen molar-refractivity contribution in [3.05, 3.63) is 18.5 Å². The van der Waals surface area contributed by atoms with Gasteiger partial charge in [0, 0.05) is 48.6 Å². The Kier molecular flexibility index (Phi) is 4.23. The lowest BCUT2D eigenvalue weighted by Crippen LogP contribution is -2.46. The average Bonchev–Trinajstić information content (AvgIpc) is 2.86. The van der Waals surface area contributed by atoms with Gasteiger partial charge in [0.2, 0.25) is 5.95 Å². The summed E-state index contributed by atoms with van der Waals surface area (Å²) in [6.45, 7) is 4.47. The second-order valence-electron chi connectivity index (χ2n) is 5.55. The minimum absolute atomic E-state index is 0.677. The van der Waals surface area contributed by atoms with Gasteiger partial charge in [-0.05, 0) is 25.3 Å². The van der Waals surface area contributed by atoms with Gasteiger partial charge in [-0.1, -0.05) is 6.92 Å². The summed E-state index contributed by atoms with van der Waals surface area (Å²) in [5.74, 6) is 2.16. The molecule has 5 heteroatoms. The van der Waals surface area contributed by atoms with E-state index in [9.17, 15) is 0 Å². The first-order valence-electron chi connectivity index (χ1n) is 7.21. The number of rotatable bonds is 3. The van der Waals surface area contributed by atoms with Gasteiger partial charge in [-0.3, -0.25) is 0 Å². The van der Waals surface area contributed by atoms with Crippen LogP contribution in [0.15, 0.2) is 18.5 Å². The molecule has 2 aliphatic heterocycles. The number of nitrogens with one attached hydrogen (secondary N) is 1. The molecule has 104 valence electrons. The number of hydrogen-bond donors (Lipinski definition) is 1. The Labute approximate surface area is 119 Å². The van der Waals surface area contributed by atoms with Crippen LogP contribution in [0.5, 0.6) is 0 Å². The van der Waals surface area contributed by atoms with Crippen molar-refractivity contribution in [3.63, 3.8) is 0 Å². The molecule has 2 fully saturated rings. The van der Waals surface area contributed by atoms with E-state index in [1.807, 2.05) is 18.5 Å². The van der Waals surface area contributed by atoms with Crippen molar-refractivity contribution >= 4 is 17.7 Å². The van der Waals surface area contributed by atoms with Gasteiger partial charge in [-0.15, -0.1) is 0 Å². The van der Waals surface area contributed by atoms with Crippen LogP contribution >= 0.6 is 11.8 Å². The van der Waals surface area contributed by atoms with E-state index in [1.54, 1.807) is 0 Å². The first-order valence-corrected chi connectivity index (χ1v) is 8.26. The third-order valence-electron chi connectivity index (χ3n) is 4.00. The third-order valence-corrected chi connectivity index (χ3v) is 5.36. The van der Waals surface area contributed by atoms with Crippen LogP contribution in [0.3, 0.4) is 0 Å². The predicted octanol–water partition coefficient (Wildman–Crippen LogP) is 1.93. The van der Waals surface area contributed by atoms with E-state index < -0.39 is 0 Å². The van der Waals surface area contributed by atoms with Gasteiger partial charge in [0.1, 0.15) is 0 Å². The van der Waals surface area contributed by atoms with Gasteiger partial charge in [0.15, 0.2) is 0 Å². The summed E-state index contributed by atoms with van der Waals surface area (Å²) in [6, 6.07) is 3.27. The molecule has 0 amide bonds. The topological polar surface area (TPSA) is 41.0 Å². The zero-order valence-corrected chi connectivity index (χ0v) is 12.3. The molecule has 4 nitrogen and oxygen atoms in total. The predicted molar refractivity (Wildman–Crippen MR) is 80.7 cm³/mol. The number of hydrogen-bond acceptors (Lipinski definition) is 5. The zero-order chi connectivity index (χ0) is 13.1. The summed E-state index contributed by atoms with van der Waals surface area (Å²) < 4.78 is 0. The first-order chi connectivity index (χ1) is 9.31. The summed E-state index contributed by atoms with van der Waals surface area (Å²) in [7, 11) is 0. The molecular formula is C14H22N4S. The van der Waals surface area contributed by atoms with Gasteiger partial charge in [-0.25, -0.2) is 9.97 Å². The van der Waals surface area contributed by atoms with E-state index in [0.717, 1.165) is 30.3 Å². The Balaban J connectivity index is 1.47. The number of nitrogens with zero attached hydrogens (tertiary/aromatic N) is 3. The molecular weight excluding hydrogens is 256 g/mol. The Hall–Kier alpha value is -0.810. The molecule has 0 radical (unpaired) electrons. The van der Waals surface area contributed by atoms with Crippen molar-refractivity contribution in [2.75, 3.05) is 23.7 Å². The van der Waals surface area contributed by atoms with E-state index in [2.05, 4.69) is 38.9 Å². The van der Waals surface area contributed by atoms with Crippen LogP contribution in [0.1, 0.15) is 26.2 Å². The highest BCUT2D eigenvalue weighted by molar-refractivity contribution is 8.00. The fourth-order valence-electron chi connectivity index (χ4n) is 2.97. The molecule has 3 rings (SSSR count). The molecule has 1 aromatic rings. The first kappa shape index (κ1) is 13.2. The van der Waals surface area contributed by atoms with Crippen molar-refractivity contribution < 1.29 is 0 Å². The molecule has 1 N–H and O–H groups in total. The number of anilines is 1. The lowest BCUT2D eigenvalue weighted by molar-refractivity contribution is 0.373. The molecule has 2 unspecified atom stereocenters. The number of aromatic nitrogens is 2. The van der Waals surface area contributed by atoms with Crippen LogP contribution in [-0.4, -0.2) is 46.1 Å². The van der Waals surface area contributed by atoms with Crippen molar-refractivity contribution in [2.45, 2.75) is 43.5 Å². The molecule has 3 heterocycles. The minimum atomic E-state index is 0.677. The van der Waals surface area contributed by atoms with Crippen LogP contribution in [0, 0.1) is 0 Å². The molecule has 2 saturated heterocycles. The number of piperidine rings is 1. The normalized spacial score (nSPS) is 28.8. The van der Waals surface area contributed by atoms with Crippen LogP contribution in [0.25, 0.3) is 0 Å². The average molecular weight is 278 g/mol. The largest absolute Gasteiger partial charge is 0.341 e. The summed E-state index contributed by atoms with van der Waals surface area (Å²) in [4.78, 5) is 11.0. The van der Waals surface area contributed by atoms with Crippen molar-refractivity contribution in [1.82, 2.24) is 15.3 Å². The summed E-state index contributed by atoms with van der Waals surface area (Å²) in [5, 5.41) is 4.66. The molecule has 0 spiro atoms. The van der Waals surface area contributed by atoms with Gasteiger partial charge in [-0.2, -0.15) is 11.8 Å². The van der Waals surface area contributed by atoms with Crippen molar-refractivity contribution in [3.8, 4) is 0 Å². The molecule has 0 bridgehead atoms. The standard InChI is InChI=1S/C14H22N4S/c1-11-9-13(10-19-11)17-12-3-7-18(8-4-12)14-15-5-2-6-16-14/h2,5-6,11-13,17H,3-4,7-10H2,1H3. The second-order valence-corrected chi connectivity index (χ2v) is 7.02. The maximum atomic E-state index is 4.33. The molecule has 1 aromatic heterocycles. The number of thioether (sulfide) groups is 1. The van der Waals surface area contributed by atoms with E-state index >= 15 is 0 Å². The van der Waals surface area contributed by atoms with Gasteiger partial charge in [0.05, 0.1) is 0 Å². The van der Waals surface area contributed by atoms with Crippen LogP contribution < -0.4 is 10.2 Å². The quantitative estimate of drug-likeness (QED) is 0.915. The van der Waals surface area contributed by atoms with E-state index in [1.165, 1.54) is 25.0 Å². The lowest BCUT2D eigenvalue weighted by atomic mass is 10.0.